The lowest BCUT2D eigenvalue weighted by Crippen LogP contribution is -1.97. The van der Waals surface area contributed by atoms with E-state index < -0.39 is 9.26 Å². The highest BCUT2D eigenvalue weighted by Crippen LogP contribution is 1.37. The van der Waals surface area contributed by atoms with Crippen molar-refractivity contribution in [2.24, 2.45) is 0 Å². The third-order valence-electron chi connectivity index (χ3n) is 0.209. The molecule has 0 fully saturated rings. The van der Waals surface area contributed by atoms with Gasteiger partial charge in [-0.25, -0.2) is 5.26 Å². The Morgan fingerprint density at radius 3 is 2.60 bits per heavy atom. The predicted octanol–water partition coefficient (Wildman–Crippen LogP) is -1.66. The number of hydrogen-bond donors (Lipinski definition) is 0. The summed E-state index contributed by atoms with van der Waals surface area (Å²) in [6, 6.07) is 0. The minimum atomic E-state index is -0.572. The van der Waals surface area contributed by atoms with Crippen molar-refractivity contribution in [2.45, 2.75) is 0 Å². The molecule has 0 aliphatic rings. The van der Waals surface area contributed by atoms with E-state index in [-0.39, 0.29) is 0 Å². The maximum absolute atomic E-state index is 7.72. The largest absolute Gasteiger partial charge is 0.227 e. The highest BCUT2D eigenvalue weighted by Gasteiger charge is 1.73. The fourth-order valence-electron chi connectivity index (χ4n) is 0.0527. The van der Waals surface area contributed by atoms with Crippen molar-refractivity contribution < 1.29 is 0 Å². The summed E-state index contributed by atoms with van der Waals surface area (Å²) in [5.41, 5.74) is 0. The zero-order chi connectivity index (χ0) is 4.12. The van der Waals surface area contributed by atoms with Crippen LogP contribution >= 0.6 is 0 Å². The first-order valence-corrected chi connectivity index (χ1v) is 2.96. The van der Waals surface area contributed by atoms with Gasteiger partial charge in [0, 0.05) is 7.44 Å². The molecule has 0 aromatic rings. The molecule has 0 atom stereocenters. The molecular weight excluding hydrogens is 75.7 g/mol. The van der Waals surface area contributed by atoms with Crippen molar-refractivity contribution in [3.05, 3.63) is 0 Å². The van der Waals surface area contributed by atoms with Crippen LogP contribution in [0, 0.1) is 11.2 Å². The van der Waals surface area contributed by atoms with Crippen LogP contribution in [0.5, 0.6) is 0 Å². The summed E-state index contributed by atoms with van der Waals surface area (Å²) >= 11 is 0. The highest BCUT2D eigenvalue weighted by atomic mass is 28.2. The zero-order valence-electron chi connectivity index (χ0n) is 2.81. The van der Waals surface area contributed by atoms with Gasteiger partial charge in [-0.1, -0.05) is 0 Å². The first-order valence-electron chi connectivity index (χ1n) is 1.33. The van der Waals surface area contributed by atoms with Crippen LogP contribution in [0.2, 0.25) is 0 Å². The van der Waals surface area contributed by atoms with Gasteiger partial charge < -0.3 is 0 Å². The molecule has 0 rings (SSSR count). The van der Waals surface area contributed by atoms with E-state index in [1.807, 2.05) is 5.97 Å². The van der Waals surface area contributed by atoms with Crippen LogP contribution in [0.3, 0.4) is 0 Å². The van der Waals surface area contributed by atoms with Crippen LogP contribution in [-0.4, -0.2) is 23.6 Å². The maximum Gasteiger partial charge on any atom is 0.227 e. The summed E-state index contributed by atoms with van der Waals surface area (Å²) in [4.78, 5) is 0. The Morgan fingerprint density at radius 1 is 2.00 bits per heavy atom. The minimum Gasteiger partial charge on any atom is -0.214 e. The normalized spacial score (nSPS) is 7.80. The Hall–Kier alpha value is -0.163. The quantitative estimate of drug-likeness (QED) is 0.344. The van der Waals surface area contributed by atoms with Crippen molar-refractivity contribution in [1.82, 2.24) is 0 Å². The Morgan fingerprint density at radius 2 is 2.60 bits per heavy atom. The summed E-state index contributed by atoms with van der Waals surface area (Å²) in [5.74, 6) is 1.83. The fraction of sp³-hybridized carbons (Fsp3) is 0. The lowest BCUT2D eigenvalue weighted by Gasteiger charge is -1.59. The number of hydrogen-bond acceptors (Lipinski definition) is 1. The van der Waals surface area contributed by atoms with Gasteiger partial charge in [-0.15, -0.1) is 0 Å². The molecule has 0 spiro atoms. The summed E-state index contributed by atoms with van der Waals surface area (Å²) in [5, 5.41) is 7.72. The standard InChI is InChI=1S/CH2B2NSi/c2-5-3-1-4/h5H2. The average molecular weight is 77.7 g/mol. The van der Waals surface area contributed by atoms with Crippen molar-refractivity contribution >= 4 is 23.6 Å². The maximum atomic E-state index is 7.72. The monoisotopic (exact) mass is 78.0 g/mol. The topological polar surface area (TPSA) is 23.8 Å². The molecule has 5 heavy (non-hydrogen) atoms. The Balaban J connectivity index is 2.48. The number of nitrogens with zero attached hydrogens (tertiary/aromatic N) is 1. The molecule has 0 bridgehead atoms. The molecule has 0 aromatic heterocycles. The van der Waals surface area contributed by atoms with Gasteiger partial charge in [0.15, 0.2) is 0 Å². The van der Waals surface area contributed by atoms with Crippen LogP contribution < -0.4 is 0 Å². The highest BCUT2D eigenvalue weighted by molar-refractivity contribution is 7.26. The van der Waals surface area contributed by atoms with Gasteiger partial charge in [0.1, 0.15) is 0 Å². The van der Waals surface area contributed by atoms with Gasteiger partial charge in [0.25, 0.3) is 0 Å². The SMILES string of the molecule is [B][SiH2][B]C#N. The van der Waals surface area contributed by atoms with Crippen LogP contribution in [0.1, 0.15) is 0 Å². The van der Waals surface area contributed by atoms with E-state index in [4.69, 9.17) is 12.7 Å². The van der Waals surface area contributed by atoms with Crippen LogP contribution in [0.25, 0.3) is 0 Å². The molecule has 0 N–H and O–H groups in total. The van der Waals surface area contributed by atoms with Crippen molar-refractivity contribution in [1.29, 1.82) is 5.26 Å². The third-order valence-corrected chi connectivity index (χ3v) is 0.627. The van der Waals surface area contributed by atoms with Crippen LogP contribution in [-0.2, 0) is 0 Å². The van der Waals surface area contributed by atoms with Gasteiger partial charge >= 0.3 is 0 Å². The molecule has 0 heterocycles. The summed E-state index contributed by atoms with van der Waals surface area (Å²) in [7, 11) is 4.43. The number of nitriles is 1. The summed E-state index contributed by atoms with van der Waals surface area (Å²) < 4.78 is 0. The average Bonchev–Trinajstić information content (AvgIpc) is 1.41. The van der Waals surface area contributed by atoms with E-state index in [0.29, 0.717) is 0 Å². The van der Waals surface area contributed by atoms with Gasteiger partial charge in [-0.05, 0) is 15.2 Å². The first-order chi connectivity index (χ1) is 2.41. The molecular formula is CH2B2NSi. The first kappa shape index (κ1) is 4.84. The molecule has 0 aliphatic heterocycles. The van der Waals surface area contributed by atoms with Gasteiger partial charge in [0.2, 0.25) is 6.87 Å². The molecule has 3 radical (unpaired) electrons. The van der Waals surface area contributed by atoms with Gasteiger partial charge in [-0.3, -0.25) is 0 Å². The molecule has 21 valence electrons. The van der Waals surface area contributed by atoms with E-state index in [1.54, 1.807) is 0 Å². The van der Waals surface area contributed by atoms with Crippen LogP contribution in [0.15, 0.2) is 0 Å². The second kappa shape index (κ2) is 3.84. The molecule has 4 heteroatoms. The van der Waals surface area contributed by atoms with E-state index in [2.05, 4.69) is 0 Å². The molecule has 0 unspecified atom stereocenters. The molecule has 0 saturated heterocycles. The minimum absolute atomic E-state index is 0.572. The van der Waals surface area contributed by atoms with Gasteiger partial charge in [-0.2, -0.15) is 0 Å². The van der Waals surface area contributed by atoms with Crippen molar-refractivity contribution in [3.8, 4) is 5.97 Å². The molecule has 0 saturated carbocycles. The zero-order valence-corrected chi connectivity index (χ0v) is 4.22. The van der Waals surface area contributed by atoms with Crippen LogP contribution in [0.4, 0.5) is 0 Å². The lowest BCUT2D eigenvalue weighted by atomic mass is 10.2. The fourth-order valence-corrected chi connectivity index (χ4v) is 0.158. The smallest absolute Gasteiger partial charge is 0.214 e. The molecule has 0 aromatic carbocycles. The van der Waals surface area contributed by atoms with E-state index in [0.717, 1.165) is 0 Å². The predicted molar refractivity (Wildman–Crippen MR) is 25.7 cm³/mol. The Kier molecular flexibility index (Phi) is 3.71. The second-order valence-corrected chi connectivity index (χ2v) is 1.45. The Labute approximate surface area is 35.7 Å². The molecule has 0 aliphatic carbocycles. The van der Waals surface area contributed by atoms with E-state index in [1.165, 1.54) is 6.87 Å². The molecule has 0 amide bonds. The summed E-state index contributed by atoms with van der Waals surface area (Å²) in [6.07, 6.45) is 0. The summed E-state index contributed by atoms with van der Waals surface area (Å²) in [6.45, 7) is 1.47. The third kappa shape index (κ3) is 3.84. The van der Waals surface area contributed by atoms with E-state index >= 15 is 0 Å². The van der Waals surface area contributed by atoms with Gasteiger partial charge in [0.05, 0.1) is 0 Å². The van der Waals surface area contributed by atoms with Crippen molar-refractivity contribution in [2.75, 3.05) is 0 Å². The number of rotatable bonds is 1. The molecule has 1 nitrogen and oxygen atoms in total. The lowest BCUT2D eigenvalue weighted by molar-refractivity contribution is 1.56. The Bertz CT molecular complexity index is 48.1. The second-order valence-electron chi connectivity index (χ2n) is 0.569. The van der Waals surface area contributed by atoms with E-state index in [9.17, 15) is 0 Å². The van der Waals surface area contributed by atoms with Crippen molar-refractivity contribution in [3.63, 3.8) is 0 Å².